The smallest absolute Gasteiger partial charge is 0.260 e. The van der Waals surface area contributed by atoms with Crippen LogP contribution < -0.4 is 5.73 Å². The molecular weight excluding hydrogens is 225 g/mol. The minimum atomic E-state index is -0.512. The molecule has 0 aliphatic rings. The lowest BCUT2D eigenvalue weighted by Gasteiger charge is -2.02. The molecule has 2 rings (SSSR count). The van der Waals surface area contributed by atoms with Crippen LogP contribution in [0.4, 0.5) is 10.1 Å². The van der Waals surface area contributed by atoms with Crippen molar-refractivity contribution in [3.63, 3.8) is 0 Å². The molecule has 0 radical (unpaired) electrons. The first-order valence-corrected chi connectivity index (χ1v) is 5.04. The zero-order valence-corrected chi connectivity index (χ0v) is 9.48. The van der Waals surface area contributed by atoms with Gasteiger partial charge >= 0.3 is 0 Å². The van der Waals surface area contributed by atoms with E-state index in [2.05, 4.69) is 10.1 Å². The summed E-state index contributed by atoms with van der Waals surface area (Å²) in [6.45, 7) is 1.78. The molecule has 90 valence electrons. The molecule has 17 heavy (non-hydrogen) atoms. The van der Waals surface area contributed by atoms with Crippen molar-refractivity contribution in [3.8, 4) is 11.5 Å². The van der Waals surface area contributed by atoms with Gasteiger partial charge in [-0.15, -0.1) is 0 Å². The second-order valence-electron chi connectivity index (χ2n) is 3.54. The summed E-state index contributed by atoms with van der Waals surface area (Å²) in [5.74, 6) is 0.0640. The number of para-hydroxylation sites is 1. The molecule has 0 bridgehead atoms. The normalized spacial score (nSPS) is 12.6. The van der Waals surface area contributed by atoms with Gasteiger partial charge in [0, 0.05) is 7.11 Å². The van der Waals surface area contributed by atoms with E-state index in [-0.39, 0.29) is 17.7 Å². The van der Waals surface area contributed by atoms with Crippen LogP contribution in [0.1, 0.15) is 18.9 Å². The Bertz CT molecular complexity index is 527. The highest BCUT2D eigenvalue weighted by Gasteiger charge is 2.17. The molecule has 0 aliphatic carbocycles. The van der Waals surface area contributed by atoms with Crippen molar-refractivity contribution in [2.75, 3.05) is 12.8 Å². The molecule has 5 nitrogen and oxygen atoms in total. The number of ether oxygens (including phenoxy) is 1. The van der Waals surface area contributed by atoms with Crippen molar-refractivity contribution in [2.45, 2.75) is 13.0 Å². The molecule has 1 unspecified atom stereocenters. The fourth-order valence-electron chi connectivity index (χ4n) is 1.34. The number of benzene rings is 1. The van der Waals surface area contributed by atoms with Crippen LogP contribution in [-0.2, 0) is 4.74 Å². The topological polar surface area (TPSA) is 74.2 Å². The molecule has 0 amide bonds. The average Bonchev–Trinajstić information content (AvgIpc) is 2.81. The Labute approximate surface area is 97.4 Å². The van der Waals surface area contributed by atoms with Crippen LogP contribution in [-0.4, -0.2) is 17.3 Å². The highest BCUT2D eigenvalue weighted by atomic mass is 19.1. The van der Waals surface area contributed by atoms with Crippen LogP contribution in [0.25, 0.3) is 11.5 Å². The molecule has 0 saturated heterocycles. The standard InChI is InChI=1S/C11H12FN3O2/c1-6(16-2)10-14-11(17-15-10)7-4-3-5-8(12)9(7)13/h3-6H,13H2,1-2H3. The first-order chi connectivity index (χ1) is 8.13. The molecule has 1 atom stereocenters. The van der Waals surface area contributed by atoms with Gasteiger partial charge < -0.3 is 15.0 Å². The van der Waals surface area contributed by atoms with E-state index >= 15 is 0 Å². The molecule has 0 aliphatic heterocycles. The minimum absolute atomic E-state index is 0.00669. The molecule has 2 N–H and O–H groups in total. The Balaban J connectivity index is 2.40. The predicted molar refractivity (Wildman–Crippen MR) is 59.5 cm³/mol. The van der Waals surface area contributed by atoms with Crippen molar-refractivity contribution in [1.29, 1.82) is 0 Å². The van der Waals surface area contributed by atoms with E-state index in [9.17, 15) is 4.39 Å². The quantitative estimate of drug-likeness (QED) is 0.828. The molecule has 0 fully saturated rings. The maximum atomic E-state index is 13.3. The molecule has 6 heteroatoms. The summed E-state index contributed by atoms with van der Waals surface area (Å²) in [6, 6.07) is 4.42. The van der Waals surface area contributed by atoms with Gasteiger partial charge in [-0.1, -0.05) is 11.2 Å². The van der Waals surface area contributed by atoms with E-state index < -0.39 is 5.82 Å². The number of nitrogens with zero attached hydrogens (tertiary/aromatic N) is 2. The number of nitrogens with two attached hydrogens (primary N) is 1. The van der Waals surface area contributed by atoms with Crippen LogP contribution in [0.5, 0.6) is 0 Å². The third-order valence-electron chi connectivity index (χ3n) is 2.44. The summed E-state index contributed by atoms with van der Waals surface area (Å²) in [5.41, 5.74) is 5.97. The number of rotatable bonds is 3. The van der Waals surface area contributed by atoms with E-state index in [4.69, 9.17) is 15.0 Å². The third kappa shape index (κ3) is 2.12. The van der Waals surface area contributed by atoms with E-state index in [0.29, 0.717) is 11.4 Å². The number of hydrogen-bond acceptors (Lipinski definition) is 5. The van der Waals surface area contributed by atoms with Crippen molar-refractivity contribution in [1.82, 2.24) is 10.1 Å². The van der Waals surface area contributed by atoms with Crippen molar-refractivity contribution in [2.24, 2.45) is 0 Å². The summed E-state index contributed by atoms with van der Waals surface area (Å²) in [4.78, 5) is 4.10. The third-order valence-corrected chi connectivity index (χ3v) is 2.44. The molecular formula is C11H12FN3O2. The second-order valence-corrected chi connectivity index (χ2v) is 3.54. The van der Waals surface area contributed by atoms with Gasteiger partial charge in [-0.05, 0) is 19.1 Å². The number of aromatic nitrogens is 2. The zero-order chi connectivity index (χ0) is 12.4. The van der Waals surface area contributed by atoms with Crippen LogP contribution in [0.15, 0.2) is 22.7 Å². The largest absolute Gasteiger partial charge is 0.396 e. The first kappa shape index (κ1) is 11.5. The Morgan fingerprint density at radius 3 is 2.94 bits per heavy atom. The van der Waals surface area contributed by atoms with Crippen molar-refractivity contribution >= 4 is 5.69 Å². The molecule has 0 spiro atoms. The van der Waals surface area contributed by atoms with Gasteiger partial charge in [0.05, 0.1) is 11.3 Å². The van der Waals surface area contributed by atoms with Gasteiger partial charge in [0.2, 0.25) is 5.82 Å². The summed E-state index contributed by atoms with van der Waals surface area (Å²) in [7, 11) is 1.54. The van der Waals surface area contributed by atoms with Gasteiger partial charge in [0.25, 0.3) is 5.89 Å². The predicted octanol–water partition coefficient (Wildman–Crippen LogP) is 2.17. The summed E-state index contributed by atoms with van der Waals surface area (Å²) < 4.78 is 23.3. The lowest BCUT2D eigenvalue weighted by Crippen LogP contribution is -1.98. The van der Waals surface area contributed by atoms with Gasteiger partial charge in [-0.3, -0.25) is 0 Å². The monoisotopic (exact) mass is 237 g/mol. The SMILES string of the molecule is COC(C)c1noc(-c2cccc(F)c2N)n1. The van der Waals surface area contributed by atoms with Crippen LogP contribution in [0.2, 0.25) is 0 Å². The Morgan fingerprint density at radius 2 is 2.24 bits per heavy atom. The summed E-state index contributed by atoms with van der Waals surface area (Å²) in [6.07, 6.45) is -0.290. The van der Waals surface area contributed by atoms with E-state index in [1.54, 1.807) is 13.0 Å². The lowest BCUT2D eigenvalue weighted by atomic mass is 10.2. The maximum absolute atomic E-state index is 13.3. The van der Waals surface area contributed by atoms with Gasteiger partial charge in [0.1, 0.15) is 11.9 Å². The number of anilines is 1. The van der Waals surface area contributed by atoms with Crippen molar-refractivity contribution < 1.29 is 13.7 Å². The zero-order valence-electron chi connectivity index (χ0n) is 9.48. The van der Waals surface area contributed by atoms with E-state index in [1.165, 1.54) is 19.2 Å². The number of methoxy groups -OCH3 is 1. The van der Waals surface area contributed by atoms with E-state index in [1.807, 2.05) is 0 Å². The molecule has 1 aromatic carbocycles. The Hall–Kier alpha value is -1.95. The van der Waals surface area contributed by atoms with Gasteiger partial charge in [0.15, 0.2) is 0 Å². The fraction of sp³-hybridized carbons (Fsp3) is 0.273. The summed E-state index contributed by atoms with van der Waals surface area (Å²) >= 11 is 0. The minimum Gasteiger partial charge on any atom is -0.396 e. The van der Waals surface area contributed by atoms with E-state index in [0.717, 1.165) is 0 Å². The second kappa shape index (κ2) is 4.50. The lowest BCUT2D eigenvalue weighted by molar-refractivity contribution is 0.109. The number of halogens is 1. The average molecular weight is 237 g/mol. The Kier molecular flexibility index (Phi) is 3.06. The van der Waals surface area contributed by atoms with Crippen LogP contribution in [0, 0.1) is 5.82 Å². The maximum Gasteiger partial charge on any atom is 0.260 e. The summed E-state index contributed by atoms with van der Waals surface area (Å²) in [5, 5.41) is 3.74. The van der Waals surface area contributed by atoms with Gasteiger partial charge in [-0.2, -0.15) is 4.98 Å². The van der Waals surface area contributed by atoms with Crippen molar-refractivity contribution in [3.05, 3.63) is 29.8 Å². The fourth-order valence-corrected chi connectivity index (χ4v) is 1.34. The first-order valence-electron chi connectivity index (χ1n) is 5.04. The number of nitrogen functional groups attached to an aromatic ring is 1. The molecule has 1 aromatic heterocycles. The molecule has 1 heterocycles. The van der Waals surface area contributed by atoms with Gasteiger partial charge in [-0.25, -0.2) is 4.39 Å². The molecule has 2 aromatic rings. The Morgan fingerprint density at radius 1 is 1.47 bits per heavy atom. The van der Waals surface area contributed by atoms with Crippen LogP contribution >= 0.6 is 0 Å². The number of hydrogen-bond donors (Lipinski definition) is 1. The van der Waals surface area contributed by atoms with Crippen LogP contribution in [0.3, 0.4) is 0 Å². The highest BCUT2D eigenvalue weighted by Crippen LogP contribution is 2.27. The molecule has 0 saturated carbocycles. The highest BCUT2D eigenvalue weighted by molar-refractivity contribution is 5.70.